The van der Waals surface area contributed by atoms with Gasteiger partial charge < -0.3 is 20.1 Å². The zero-order valence-corrected chi connectivity index (χ0v) is 20.5. The summed E-state index contributed by atoms with van der Waals surface area (Å²) in [4.78, 5) is 18.7. The molecule has 7 nitrogen and oxygen atoms in total. The number of benzene rings is 2. The summed E-state index contributed by atoms with van der Waals surface area (Å²) in [5.74, 6) is -0.275. The van der Waals surface area contributed by atoms with Gasteiger partial charge in [-0.2, -0.15) is 18.4 Å². The summed E-state index contributed by atoms with van der Waals surface area (Å²) < 4.78 is 51.2. The summed E-state index contributed by atoms with van der Waals surface area (Å²) in [6, 6.07) is 9.38. The first-order valence-corrected chi connectivity index (χ1v) is 11.8. The molecule has 190 valence electrons. The number of nitriles is 1. The normalized spacial score (nSPS) is 15.9. The number of ether oxygens (including phenoxy) is 2. The third-order valence-electron chi connectivity index (χ3n) is 5.47. The molecule has 1 heterocycles. The monoisotopic (exact) mass is 518 g/mol. The molecule has 0 aliphatic carbocycles. The van der Waals surface area contributed by atoms with Crippen molar-refractivity contribution in [2.24, 2.45) is 10.7 Å². The van der Waals surface area contributed by atoms with Crippen molar-refractivity contribution < 1.29 is 27.4 Å². The van der Waals surface area contributed by atoms with E-state index in [2.05, 4.69) is 16.9 Å². The van der Waals surface area contributed by atoms with Crippen LogP contribution in [0.5, 0.6) is 17.2 Å². The number of aldehydes is 1. The number of likely N-dealkylation sites (tertiary alicyclic amines) is 1. The van der Waals surface area contributed by atoms with Crippen molar-refractivity contribution in [3.8, 4) is 23.3 Å². The molecule has 2 aromatic rings. The van der Waals surface area contributed by atoms with Crippen LogP contribution in [0.25, 0.3) is 6.08 Å². The molecule has 3 rings (SSSR count). The van der Waals surface area contributed by atoms with Gasteiger partial charge in [-0.15, -0.1) is 0 Å². The zero-order valence-electron chi connectivity index (χ0n) is 19.7. The summed E-state index contributed by atoms with van der Waals surface area (Å²) in [5, 5.41) is 9.22. The third-order valence-corrected chi connectivity index (χ3v) is 6.23. The highest BCUT2D eigenvalue weighted by molar-refractivity contribution is 8.17. The molecule has 0 unspecified atom stereocenters. The SMILES string of the molecule is COc1cc(/C=C(/C=O)SC(N)=NC2CCN(C)CC2)ccc1Oc1ccc(C#N)cc1C(F)(F)F. The lowest BCUT2D eigenvalue weighted by molar-refractivity contribution is -0.138. The fourth-order valence-electron chi connectivity index (χ4n) is 3.59. The smallest absolute Gasteiger partial charge is 0.420 e. The van der Waals surface area contributed by atoms with Gasteiger partial charge in [0, 0.05) is 0 Å². The first kappa shape index (κ1) is 27.1. The van der Waals surface area contributed by atoms with Crippen LogP contribution in [0.2, 0.25) is 0 Å². The number of carbonyl (C=O) groups excluding carboxylic acids is 1. The molecule has 0 radical (unpaired) electrons. The van der Waals surface area contributed by atoms with Crippen LogP contribution in [0.1, 0.15) is 29.5 Å². The Hall–Kier alpha value is -3.49. The average Bonchev–Trinajstić information content (AvgIpc) is 2.85. The number of halogens is 3. The van der Waals surface area contributed by atoms with Gasteiger partial charge in [-0.1, -0.05) is 6.07 Å². The molecular formula is C25H25F3N4O3S. The van der Waals surface area contributed by atoms with Crippen molar-refractivity contribution in [3.63, 3.8) is 0 Å². The van der Waals surface area contributed by atoms with Crippen molar-refractivity contribution in [1.82, 2.24) is 4.90 Å². The van der Waals surface area contributed by atoms with E-state index in [1.165, 1.54) is 25.3 Å². The zero-order chi connectivity index (χ0) is 26.3. The maximum Gasteiger partial charge on any atom is 0.420 e. The number of carbonyl (C=O) groups is 1. The lowest BCUT2D eigenvalue weighted by Gasteiger charge is -2.26. The predicted octanol–water partition coefficient (Wildman–Crippen LogP) is 5.06. The van der Waals surface area contributed by atoms with E-state index in [9.17, 15) is 18.0 Å². The Morgan fingerprint density at radius 2 is 1.89 bits per heavy atom. The van der Waals surface area contributed by atoms with Crippen LogP contribution >= 0.6 is 11.8 Å². The molecule has 0 aromatic heterocycles. The molecule has 1 aliphatic rings. The second-order valence-electron chi connectivity index (χ2n) is 8.10. The van der Waals surface area contributed by atoms with Crippen LogP contribution in [-0.4, -0.2) is 49.6 Å². The summed E-state index contributed by atoms with van der Waals surface area (Å²) in [5.41, 5.74) is 5.38. The van der Waals surface area contributed by atoms with Gasteiger partial charge in [0.2, 0.25) is 0 Å². The molecule has 0 amide bonds. The Kier molecular flexibility index (Phi) is 9.01. The molecule has 0 atom stereocenters. The topological polar surface area (TPSA) is 101 Å². The highest BCUT2D eigenvalue weighted by Crippen LogP contribution is 2.41. The molecule has 2 N–H and O–H groups in total. The summed E-state index contributed by atoms with van der Waals surface area (Å²) in [6.07, 6.45) is -0.699. The number of amidine groups is 1. The summed E-state index contributed by atoms with van der Waals surface area (Å²) in [6.45, 7) is 1.87. The number of thioether (sulfide) groups is 1. The Bertz CT molecular complexity index is 1200. The standard InChI is InChI=1S/C25H25F3N4O3S/c1-32-9-7-18(8-10-32)31-24(30)36-19(15-33)11-16-3-6-22(23(13-16)34-2)35-21-5-4-17(14-29)12-20(21)25(26,27)28/h3-6,11-13,15,18H,7-10H2,1-2H3,(H2,30,31)/b19-11-. The lowest BCUT2D eigenvalue weighted by atomic mass is 10.1. The predicted molar refractivity (Wildman–Crippen MR) is 133 cm³/mol. The number of rotatable bonds is 7. The number of hydrogen-bond acceptors (Lipinski definition) is 7. The number of aliphatic imine (C=N–C) groups is 1. The second kappa shape index (κ2) is 12.0. The van der Waals surface area contributed by atoms with E-state index >= 15 is 0 Å². The van der Waals surface area contributed by atoms with Gasteiger partial charge >= 0.3 is 6.18 Å². The van der Waals surface area contributed by atoms with Crippen molar-refractivity contribution in [2.75, 3.05) is 27.2 Å². The Labute approximate surface area is 211 Å². The first-order chi connectivity index (χ1) is 17.1. The van der Waals surface area contributed by atoms with Crippen LogP contribution in [-0.2, 0) is 11.0 Å². The molecule has 2 aromatic carbocycles. The molecule has 36 heavy (non-hydrogen) atoms. The average molecular weight is 519 g/mol. The molecule has 0 bridgehead atoms. The largest absolute Gasteiger partial charge is 0.493 e. The number of alkyl halides is 3. The Morgan fingerprint density at radius 3 is 2.50 bits per heavy atom. The molecular weight excluding hydrogens is 493 g/mol. The fraction of sp³-hybridized carbons (Fsp3) is 0.320. The van der Waals surface area contributed by atoms with E-state index in [1.807, 2.05) is 0 Å². The minimum Gasteiger partial charge on any atom is -0.493 e. The van der Waals surface area contributed by atoms with Crippen molar-refractivity contribution in [2.45, 2.75) is 25.1 Å². The first-order valence-electron chi connectivity index (χ1n) is 11.0. The van der Waals surface area contributed by atoms with Gasteiger partial charge in [-0.3, -0.25) is 9.79 Å². The molecule has 11 heteroatoms. The van der Waals surface area contributed by atoms with E-state index in [0.29, 0.717) is 16.8 Å². The van der Waals surface area contributed by atoms with Crippen molar-refractivity contribution in [3.05, 3.63) is 58.0 Å². The molecule has 1 fully saturated rings. The Morgan fingerprint density at radius 1 is 1.19 bits per heavy atom. The van der Waals surface area contributed by atoms with Crippen LogP contribution in [0.4, 0.5) is 13.2 Å². The quantitative estimate of drug-likeness (QED) is 0.237. The minimum absolute atomic E-state index is 0.0357. The van der Waals surface area contributed by atoms with Gasteiger partial charge in [-0.05, 0) is 86.7 Å². The lowest BCUT2D eigenvalue weighted by Crippen LogP contribution is -2.32. The van der Waals surface area contributed by atoms with Gasteiger partial charge in [0.25, 0.3) is 0 Å². The van der Waals surface area contributed by atoms with E-state index in [-0.39, 0.29) is 28.3 Å². The maximum absolute atomic E-state index is 13.5. The van der Waals surface area contributed by atoms with Crippen LogP contribution < -0.4 is 15.2 Å². The molecule has 1 saturated heterocycles. The van der Waals surface area contributed by atoms with Crippen LogP contribution in [0, 0.1) is 11.3 Å². The van der Waals surface area contributed by atoms with E-state index < -0.39 is 17.5 Å². The molecule has 0 spiro atoms. The van der Waals surface area contributed by atoms with Crippen molar-refractivity contribution in [1.29, 1.82) is 5.26 Å². The Balaban J connectivity index is 1.81. The number of allylic oxidation sites excluding steroid dienone is 1. The number of hydrogen-bond donors (Lipinski definition) is 1. The van der Waals surface area contributed by atoms with Crippen LogP contribution in [0.3, 0.4) is 0 Å². The highest BCUT2D eigenvalue weighted by Gasteiger charge is 2.35. The highest BCUT2D eigenvalue weighted by atomic mass is 32.2. The van der Waals surface area contributed by atoms with E-state index in [0.717, 1.165) is 49.8 Å². The van der Waals surface area contributed by atoms with Crippen LogP contribution in [0.15, 0.2) is 46.3 Å². The summed E-state index contributed by atoms with van der Waals surface area (Å²) >= 11 is 1.05. The van der Waals surface area contributed by atoms with Gasteiger partial charge in [-0.25, -0.2) is 0 Å². The van der Waals surface area contributed by atoms with Gasteiger partial charge in [0.05, 0.1) is 35.3 Å². The molecule has 1 aliphatic heterocycles. The number of nitrogens with zero attached hydrogens (tertiary/aromatic N) is 3. The number of nitrogens with two attached hydrogens (primary N) is 1. The fourth-order valence-corrected chi connectivity index (χ4v) is 4.28. The number of piperidine rings is 1. The minimum atomic E-state index is -4.72. The maximum atomic E-state index is 13.5. The third kappa shape index (κ3) is 7.26. The number of methoxy groups -OCH3 is 1. The van der Waals surface area contributed by atoms with E-state index in [1.54, 1.807) is 18.2 Å². The summed E-state index contributed by atoms with van der Waals surface area (Å²) in [7, 11) is 3.40. The second-order valence-corrected chi connectivity index (χ2v) is 9.20. The van der Waals surface area contributed by atoms with Gasteiger partial charge in [0.15, 0.2) is 23.0 Å². The van der Waals surface area contributed by atoms with Crippen molar-refractivity contribution >= 4 is 29.3 Å². The molecule has 0 saturated carbocycles. The van der Waals surface area contributed by atoms with Gasteiger partial charge in [0.1, 0.15) is 5.75 Å². The van der Waals surface area contributed by atoms with E-state index in [4.69, 9.17) is 20.5 Å².